The number of aryl methyl sites for hydroxylation is 2. The second kappa shape index (κ2) is 8.04. The first-order valence-electron chi connectivity index (χ1n) is 8.65. The maximum Gasteiger partial charge on any atom is 0.286 e. The molecule has 0 fully saturated rings. The Morgan fingerprint density at radius 1 is 1.00 bits per heavy atom. The van der Waals surface area contributed by atoms with Gasteiger partial charge in [-0.1, -0.05) is 52.9 Å². The number of amides is 1. The first-order valence-corrected chi connectivity index (χ1v) is 10.5. The number of para-hydroxylation sites is 2. The van der Waals surface area contributed by atoms with E-state index >= 15 is 0 Å². The van der Waals surface area contributed by atoms with Crippen molar-refractivity contribution in [1.29, 1.82) is 0 Å². The van der Waals surface area contributed by atoms with Gasteiger partial charge in [-0.25, -0.2) is 9.97 Å². The Balaban J connectivity index is 1.43. The highest BCUT2D eigenvalue weighted by Gasteiger charge is 2.14. The van der Waals surface area contributed by atoms with Gasteiger partial charge < -0.3 is 5.32 Å². The Morgan fingerprint density at radius 2 is 1.71 bits per heavy atom. The molecule has 0 saturated heterocycles. The van der Waals surface area contributed by atoms with Gasteiger partial charge in [0.15, 0.2) is 0 Å². The predicted octanol–water partition coefficient (Wildman–Crippen LogP) is 4.64. The summed E-state index contributed by atoms with van der Waals surface area (Å²) in [7, 11) is 0. The monoisotopic (exact) mass is 407 g/mol. The normalized spacial score (nSPS) is 10.9. The number of hydrogen-bond acceptors (Lipinski definition) is 7. The van der Waals surface area contributed by atoms with E-state index in [0.717, 1.165) is 38.0 Å². The van der Waals surface area contributed by atoms with E-state index in [2.05, 4.69) is 25.5 Å². The summed E-state index contributed by atoms with van der Waals surface area (Å²) in [6.07, 6.45) is 0. The first-order chi connectivity index (χ1) is 13.6. The minimum Gasteiger partial charge on any atom is -0.320 e. The number of fused-ring (bicyclic) bond motifs is 1. The number of nitrogens with zero attached hydrogens (tertiary/aromatic N) is 4. The van der Waals surface area contributed by atoms with Crippen molar-refractivity contribution in [3.63, 3.8) is 0 Å². The highest BCUT2D eigenvalue weighted by molar-refractivity contribution is 7.98. The second-order valence-corrected chi connectivity index (χ2v) is 8.24. The summed E-state index contributed by atoms with van der Waals surface area (Å²) in [5.41, 5.74) is 4.51. The summed E-state index contributed by atoms with van der Waals surface area (Å²) in [6, 6.07) is 15.4. The van der Waals surface area contributed by atoms with Crippen LogP contribution in [0, 0.1) is 13.8 Å². The summed E-state index contributed by atoms with van der Waals surface area (Å²) in [4.78, 5) is 21.6. The van der Waals surface area contributed by atoms with Crippen molar-refractivity contribution in [3.05, 3.63) is 69.8 Å². The number of carbonyl (C=O) groups excluding carboxylic acids is 1. The Kier molecular flexibility index (Phi) is 5.31. The molecular formula is C20H17N5OS2. The average Bonchev–Trinajstić information content (AvgIpc) is 3.17. The van der Waals surface area contributed by atoms with Gasteiger partial charge in [-0.15, -0.1) is 10.2 Å². The highest BCUT2D eigenvalue weighted by Crippen LogP contribution is 2.26. The van der Waals surface area contributed by atoms with E-state index in [-0.39, 0.29) is 5.91 Å². The number of carbonyl (C=O) groups is 1. The third kappa shape index (κ3) is 4.18. The molecule has 0 bridgehead atoms. The maximum absolute atomic E-state index is 12.4. The first kappa shape index (κ1) is 18.5. The fourth-order valence-electron chi connectivity index (χ4n) is 2.56. The molecule has 0 saturated carbocycles. The highest BCUT2D eigenvalue weighted by atomic mass is 32.2. The summed E-state index contributed by atoms with van der Waals surface area (Å²) in [5, 5.41) is 13.0. The molecule has 0 atom stereocenters. The van der Waals surface area contributed by atoms with Crippen LogP contribution in [0.4, 0.5) is 5.69 Å². The van der Waals surface area contributed by atoms with Gasteiger partial charge in [0, 0.05) is 5.69 Å². The lowest BCUT2D eigenvalue weighted by Crippen LogP contribution is -2.11. The van der Waals surface area contributed by atoms with Crippen LogP contribution in [0.2, 0.25) is 0 Å². The Bertz CT molecular complexity index is 1140. The van der Waals surface area contributed by atoms with E-state index in [0.29, 0.717) is 10.8 Å². The molecule has 2 heterocycles. The number of thioether (sulfide) groups is 1. The number of nitrogens with one attached hydrogen (secondary N) is 1. The van der Waals surface area contributed by atoms with Gasteiger partial charge in [0.2, 0.25) is 5.01 Å². The van der Waals surface area contributed by atoms with Crippen molar-refractivity contribution in [2.75, 3.05) is 5.32 Å². The molecule has 0 radical (unpaired) electrons. The molecule has 28 heavy (non-hydrogen) atoms. The van der Waals surface area contributed by atoms with Crippen LogP contribution in [-0.4, -0.2) is 26.1 Å². The van der Waals surface area contributed by atoms with E-state index < -0.39 is 0 Å². The van der Waals surface area contributed by atoms with Gasteiger partial charge in [0.1, 0.15) is 10.0 Å². The van der Waals surface area contributed by atoms with Crippen molar-refractivity contribution in [3.8, 4) is 0 Å². The molecule has 2 aromatic heterocycles. The zero-order valence-electron chi connectivity index (χ0n) is 15.3. The fourth-order valence-corrected chi connectivity index (χ4v) is 4.24. The summed E-state index contributed by atoms with van der Waals surface area (Å²) in [6.45, 7) is 3.95. The van der Waals surface area contributed by atoms with E-state index in [4.69, 9.17) is 0 Å². The quantitative estimate of drug-likeness (QED) is 0.485. The third-order valence-corrected chi connectivity index (χ3v) is 6.19. The number of benzene rings is 2. The average molecular weight is 408 g/mol. The van der Waals surface area contributed by atoms with Gasteiger partial charge in [0.25, 0.3) is 5.91 Å². The van der Waals surface area contributed by atoms with E-state index in [1.807, 2.05) is 62.4 Å². The zero-order chi connectivity index (χ0) is 19.5. The Labute approximate surface area is 170 Å². The van der Waals surface area contributed by atoms with Crippen LogP contribution in [-0.2, 0) is 5.75 Å². The molecule has 4 rings (SSSR count). The molecule has 4 aromatic rings. The zero-order valence-corrected chi connectivity index (χ0v) is 17.0. The van der Waals surface area contributed by atoms with Gasteiger partial charge in [-0.3, -0.25) is 4.79 Å². The fraction of sp³-hybridized carbons (Fsp3) is 0.150. The molecule has 6 nitrogen and oxygen atoms in total. The van der Waals surface area contributed by atoms with Crippen LogP contribution < -0.4 is 5.32 Å². The molecule has 0 spiro atoms. The van der Waals surface area contributed by atoms with Gasteiger partial charge >= 0.3 is 0 Å². The van der Waals surface area contributed by atoms with E-state index in [1.54, 1.807) is 11.8 Å². The molecule has 1 N–H and O–H groups in total. The van der Waals surface area contributed by atoms with Crippen LogP contribution in [0.25, 0.3) is 11.0 Å². The molecule has 140 valence electrons. The van der Waals surface area contributed by atoms with Gasteiger partial charge in [-0.2, -0.15) is 0 Å². The van der Waals surface area contributed by atoms with Crippen molar-refractivity contribution < 1.29 is 4.79 Å². The van der Waals surface area contributed by atoms with Crippen LogP contribution in [0.3, 0.4) is 0 Å². The molecular weight excluding hydrogens is 390 g/mol. The molecule has 8 heteroatoms. The summed E-state index contributed by atoms with van der Waals surface area (Å²) >= 11 is 2.84. The van der Waals surface area contributed by atoms with Crippen molar-refractivity contribution in [2.24, 2.45) is 0 Å². The van der Waals surface area contributed by atoms with Crippen molar-refractivity contribution in [2.45, 2.75) is 24.6 Å². The number of hydrogen-bond donors (Lipinski definition) is 1. The lowest BCUT2D eigenvalue weighted by molar-refractivity contribution is 0.102. The standard InChI is InChI=1S/C20H17N5OS2/c1-12-7-9-14(10-8-12)22-18(26)20-25-24-17(28-20)11-27-19-13(2)21-15-5-3-4-6-16(15)23-19/h3-10H,11H2,1-2H3,(H,22,26). The van der Waals surface area contributed by atoms with Crippen LogP contribution in [0.5, 0.6) is 0 Å². The van der Waals surface area contributed by atoms with Crippen molar-refractivity contribution >= 4 is 45.7 Å². The number of aromatic nitrogens is 4. The Hall–Kier alpha value is -2.84. The number of rotatable bonds is 5. The summed E-state index contributed by atoms with van der Waals surface area (Å²) < 4.78 is 0. The number of anilines is 1. The van der Waals surface area contributed by atoms with E-state index in [9.17, 15) is 4.79 Å². The molecule has 0 aliphatic heterocycles. The lowest BCUT2D eigenvalue weighted by atomic mass is 10.2. The predicted molar refractivity (Wildman–Crippen MR) is 113 cm³/mol. The van der Waals surface area contributed by atoms with E-state index in [1.165, 1.54) is 11.3 Å². The van der Waals surface area contributed by atoms with Crippen LogP contribution >= 0.6 is 23.1 Å². The molecule has 0 unspecified atom stereocenters. The topological polar surface area (TPSA) is 80.7 Å². The molecule has 2 aromatic carbocycles. The minimum atomic E-state index is -0.251. The SMILES string of the molecule is Cc1ccc(NC(=O)c2nnc(CSc3nc4ccccc4nc3C)s2)cc1. The van der Waals surface area contributed by atoms with Crippen LogP contribution in [0.15, 0.2) is 53.6 Å². The Morgan fingerprint density at radius 3 is 2.46 bits per heavy atom. The van der Waals surface area contributed by atoms with Crippen molar-refractivity contribution in [1.82, 2.24) is 20.2 Å². The third-order valence-electron chi connectivity index (χ3n) is 4.00. The smallest absolute Gasteiger partial charge is 0.286 e. The van der Waals surface area contributed by atoms with Crippen LogP contribution in [0.1, 0.15) is 26.1 Å². The van der Waals surface area contributed by atoms with Gasteiger partial charge in [-0.05, 0) is 38.1 Å². The molecule has 0 aliphatic rings. The second-order valence-electron chi connectivity index (χ2n) is 6.21. The molecule has 1 amide bonds. The lowest BCUT2D eigenvalue weighted by Gasteiger charge is -2.04. The largest absolute Gasteiger partial charge is 0.320 e. The van der Waals surface area contributed by atoms with Gasteiger partial charge in [0.05, 0.1) is 22.5 Å². The maximum atomic E-state index is 12.4. The molecule has 0 aliphatic carbocycles. The summed E-state index contributed by atoms with van der Waals surface area (Å²) in [5.74, 6) is 0.336. The minimum absolute atomic E-state index is 0.251.